The van der Waals surface area contributed by atoms with E-state index in [4.69, 9.17) is 18.5 Å². The molecule has 0 radical (unpaired) electrons. The number of phosphoric ester groups is 1. The van der Waals surface area contributed by atoms with Crippen molar-refractivity contribution in [2.24, 2.45) is 0 Å². The summed E-state index contributed by atoms with van der Waals surface area (Å²) in [6, 6.07) is 0. The normalized spacial score (nSPS) is 13.9. The zero-order chi connectivity index (χ0) is 62.6. The third kappa shape index (κ3) is 69.5. The highest BCUT2D eigenvalue weighted by molar-refractivity contribution is 7.47. The molecular weight excluding hydrogens is 1090 g/mol. The first kappa shape index (κ1) is 82.4. The Morgan fingerprint density at radius 1 is 0.372 bits per heavy atom. The van der Waals surface area contributed by atoms with Gasteiger partial charge in [-0.2, -0.15) is 0 Å². The largest absolute Gasteiger partial charge is 0.472 e. The van der Waals surface area contributed by atoms with Crippen LogP contribution >= 0.6 is 7.82 Å². The highest BCUT2D eigenvalue weighted by Gasteiger charge is 2.27. The highest BCUT2D eigenvalue weighted by Crippen LogP contribution is 2.43. The average molecular weight is 1220 g/mol. The first-order chi connectivity index (χ1) is 42.0. The summed E-state index contributed by atoms with van der Waals surface area (Å²) >= 11 is 0. The van der Waals surface area contributed by atoms with E-state index in [9.17, 15) is 19.0 Å². The van der Waals surface area contributed by atoms with Crippen molar-refractivity contribution >= 4 is 19.8 Å². The van der Waals surface area contributed by atoms with Gasteiger partial charge in [-0.25, -0.2) is 4.57 Å². The van der Waals surface area contributed by atoms with Crippen LogP contribution < -0.4 is 0 Å². The number of likely N-dealkylation sites (N-methyl/N-ethyl adjacent to an activating group) is 1. The number of esters is 2. The Morgan fingerprint density at radius 3 is 0.988 bits per heavy atom. The van der Waals surface area contributed by atoms with Crippen molar-refractivity contribution in [2.75, 3.05) is 47.5 Å². The molecular formula is C76H133NO8P+. The molecule has 0 aliphatic carbocycles. The molecule has 0 aliphatic heterocycles. The van der Waals surface area contributed by atoms with Gasteiger partial charge in [-0.15, -0.1) is 0 Å². The van der Waals surface area contributed by atoms with Crippen molar-refractivity contribution in [1.82, 2.24) is 0 Å². The molecule has 2 atom stereocenters. The molecule has 0 spiro atoms. The summed E-state index contributed by atoms with van der Waals surface area (Å²) in [6.45, 7) is 4.33. The van der Waals surface area contributed by atoms with Crippen molar-refractivity contribution in [3.05, 3.63) is 122 Å². The van der Waals surface area contributed by atoms with Gasteiger partial charge in [0, 0.05) is 12.8 Å². The third-order valence-electron chi connectivity index (χ3n) is 15.0. The molecule has 0 amide bonds. The van der Waals surface area contributed by atoms with E-state index in [-0.39, 0.29) is 32.0 Å². The fraction of sp³-hybridized carbons (Fsp3) is 0.711. The monoisotopic (exact) mass is 1220 g/mol. The lowest BCUT2D eigenvalue weighted by atomic mass is 10.0. The smallest absolute Gasteiger partial charge is 0.462 e. The molecule has 0 aliphatic rings. The molecule has 0 bridgehead atoms. The lowest BCUT2D eigenvalue weighted by molar-refractivity contribution is -0.870. The minimum absolute atomic E-state index is 0.0243. The molecule has 0 rings (SSSR count). The minimum Gasteiger partial charge on any atom is -0.462 e. The molecule has 9 nitrogen and oxygen atoms in total. The second-order valence-corrected chi connectivity index (χ2v) is 26.0. The van der Waals surface area contributed by atoms with Crippen LogP contribution in [0.2, 0.25) is 0 Å². The van der Waals surface area contributed by atoms with Gasteiger partial charge in [0.1, 0.15) is 19.8 Å². The number of nitrogens with zero attached hydrogens (tertiary/aromatic N) is 1. The molecule has 0 aromatic rings. The maximum Gasteiger partial charge on any atom is 0.472 e. The average Bonchev–Trinajstić information content (AvgIpc) is 3.67. The zero-order valence-corrected chi connectivity index (χ0v) is 57.2. The number of ether oxygens (including phenoxy) is 2. The number of allylic oxidation sites excluding steroid dienone is 20. The summed E-state index contributed by atoms with van der Waals surface area (Å²) < 4.78 is 34.7. The fourth-order valence-corrected chi connectivity index (χ4v) is 10.4. The molecule has 10 heteroatoms. The van der Waals surface area contributed by atoms with Crippen LogP contribution in [0.3, 0.4) is 0 Å². The highest BCUT2D eigenvalue weighted by atomic mass is 31.2. The quantitative estimate of drug-likeness (QED) is 0.0211. The zero-order valence-electron chi connectivity index (χ0n) is 56.3. The Labute approximate surface area is 530 Å². The van der Waals surface area contributed by atoms with E-state index < -0.39 is 26.5 Å². The fourth-order valence-electron chi connectivity index (χ4n) is 9.63. The Balaban J connectivity index is 4.13. The summed E-state index contributed by atoms with van der Waals surface area (Å²) in [5.74, 6) is -0.810. The summed E-state index contributed by atoms with van der Waals surface area (Å²) in [5.41, 5.74) is 0. The van der Waals surface area contributed by atoms with Crippen LogP contribution in [-0.2, 0) is 32.7 Å². The number of hydrogen-bond donors (Lipinski definition) is 1. The van der Waals surface area contributed by atoms with E-state index in [1.807, 2.05) is 21.1 Å². The van der Waals surface area contributed by atoms with Gasteiger partial charge in [-0.05, 0) is 89.9 Å². The van der Waals surface area contributed by atoms with E-state index in [0.717, 1.165) is 122 Å². The number of quaternary nitrogens is 1. The minimum atomic E-state index is -4.40. The number of unbranched alkanes of at least 4 members (excludes halogenated alkanes) is 30. The van der Waals surface area contributed by atoms with Gasteiger partial charge < -0.3 is 18.9 Å². The van der Waals surface area contributed by atoms with Crippen LogP contribution in [0.15, 0.2) is 122 Å². The lowest BCUT2D eigenvalue weighted by Gasteiger charge is -2.24. The van der Waals surface area contributed by atoms with E-state index >= 15 is 0 Å². The molecule has 0 fully saturated rings. The van der Waals surface area contributed by atoms with Gasteiger partial charge in [-0.1, -0.05) is 315 Å². The number of phosphoric acid groups is 1. The summed E-state index contributed by atoms with van der Waals surface area (Å²) in [6.07, 6.45) is 94.4. The standard InChI is InChI=1S/C76H132NO8P/c1-6-8-10-12-14-16-18-20-22-24-26-28-30-32-33-34-35-36-37-38-39-40-41-42-43-45-47-49-51-53-55-57-59-61-63-65-67-69-76(79)85-74(73-84-86(80,81)83-71-70-77(3,4)5)72-82-75(78)68-66-64-62-60-58-56-54-52-50-48-46-44-31-29-27-25-23-21-19-17-15-13-11-9-7-2/h8,10,14,16,20,22,26,28,32-33,35-36,38-39,41-42,45,47,51,53,74H,6-7,9,11-13,15,17-19,21,23-25,27,29-31,34,37,40,43-44,46,48-50,52,54-73H2,1-5H3/p+1/b10-8-,16-14-,22-20-,28-26-,33-32-,36-35-,39-38-,42-41-,47-45-,53-51-. The SMILES string of the molecule is CC/C=C\C/C=C\C/C=C\C/C=C\C/C=C\C/C=C\C/C=C\C/C=C\C/C=C\C/C=C\CCCCCCCCC(=O)OC(COC(=O)CCCCCCCCCCCCCCCCCCCCCCCCCCC)COP(=O)(O)OCC[N+](C)(C)C. The predicted molar refractivity (Wildman–Crippen MR) is 371 cm³/mol. The van der Waals surface area contributed by atoms with Crippen LogP contribution in [0.5, 0.6) is 0 Å². The van der Waals surface area contributed by atoms with Crippen molar-refractivity contribution < 1.29 is 42.1 Å². The Bertz CT molecular complexity index is 1870. The molecule has 0 aromatic carbocycles. The van der Waals surface area contributed by atoms with Crippen LogP contribution in [0, 0.1) is 0 Å². The molecule has 0 saturated carbocycles. The van der Waals surface area contributed by atoms with Gasteiger partial charge in [0.15, 0.2) is 6.10 Å². The molecule has 86 heavy (non-hydrogen) atoms. The third-order valence-corrected chi connectivity index (χ3v) is 16.0. The summed E-state index contributed by atoms with van der Waals surface area (Å²) in [7, 11) is 1.46. The number of rotatable bonds is 64. The number of carbonyl (C=O) groups excluding carboxylic acids is 2. The molecule has 494 valence electrons. The molecule has 0 aromatic heterocycles. The molecule has 0 heterocycles. The van der Waals surface area contributed by atoms with E-state index in [1.165, 1.54) is 141 Å². The first-order valence-electron chi connectivity index (χ1n) is 35.3. The second-order valence-electron chi connectivity index (χ2n) is 24.5. The first-order valence-corrected chi connectivity index (χ1v) is 36.8. The van der Waals surface area contributed by atoms with Crippen molar-refractivity contribution in [2.45, 2.75) is 302 Å². The van der Waals surface area contributed by atoms with Crippen molar-refractivity contribution in [3.63, 3.8) is 0 Å². The van der Waals surface area contributed by atoms with Crippen LogP contribution in [0.1, 0.15) is 296 Å². The van der Waals surface area contributed by atoms with Crippen molar-refractivity contribution in [3.8, 4) is 0 Å². The van der Waals surface area contributed by atoms with Gasteiger partial charge in [0.25, 0.3) is 0 Å². The van der Waals surface area contributed by atoms with Gasteiger partial charge in [0.2, 0.25) is 0 Å². The Kier molecular flexibility index (Phi) is 63.1. The molecule has 0 saturated heterocycles. The van der Waals surface area contributed by atoms with Crippen molar-refractivity contribution in [1.29, 1.82) is 0 Å². The van der Waals surface area contributed by atoms with Crippen LogP contribution in [0.25, 0.3) is 0 Å². The van der Waals surface area contributed by atoms with Gasteiger partial charge in [0.05, 0.1) is 27.7 Å². The van der Waals surface area contributed by atoms with Gasteiger partial charge in [-0.3, -0.25) is 18.6 Å². The topological polar surface area (TPSA) is 108 Å². The van der Waals surface area contributed by atoms with E-state index in [0.29, 0.717) is 17.4 Å². The summed E-state index contributed by atoms with van der Waals surface area (Å²) in [4.78, 5) is 35.9. The Morgan fingerprint density at radius 2 is 0.663 bits per heavy atom. The van der Waals surface area contributed by atoms with E-state index in [1.54, 1.807) is 0 Å². The maximum absolute atomic E-state index is 12.9. The molecule has 1 N–H and O–H groups in total. The lowest BCUT2D eigenvalue weighted by Crippen LogP contribution is -2.37. The van der Waals surface area contributed by atoms with Crippen LogP contribution in [0.4, 0.5) is 0 Å². The number of hydrogen-bond acceptors (Lipinski definition) is 7. The predicted octanol–water partition coefficient (Wildman–Crippen LogP) is 23.0. The van der Waals surface area contributed by atoms with Gasteiger partial charge >= 0.3 is 19.8 Å². The summed E-state index contributed by atoms with van der Waals surface area (Å²) in [5, 5.41) is 0. The molecule has 2 unspecified atom stereocenters. The maximum atomic E-state index is 12.9. The number of carbonyl (C=O) groups is 2. The van der Waals surface area contributed by atoms with Crippen LogP contribution in [-0.4, -0.2) is 74.9 Å². The second kappa shape index (κ2) is 65.8. The Hall–Kier alpha value is -3.59. The van der Waals surface area contributed by atoms with E-state index in [2.05, 4.69) is 135 Å².